The number of amides is 1. The Bertz CT molecular complexity index is 799. The minimum absolute atomic E-state index is 0.0526. The monoisotopic (exact) mass is 385 g/mol. The van der Waals surface area contributed by atoms with Crippen molar-refractivity contribution >= 4 is 23.7 Å². The Kier molecular flexibility index (Phi) is 8.02. The molecule has 0 saturated heterocycles. The van der Waals surface area contributed by atoms with Gasteiger partial charge in [-0.15, -0.1) is 0 Å². The number of esters is 1. The number of aryl methyl sites for hydroxylation is 1. The van der Waals surface area contributed by atoms with Gasteiger partial charge in [-0.3, -0.25) is 14.9 Å². The van der Waals surface area contributed by atoms with E-state index in [2.05, 4.69) is 12.2 Å². The fraction of sp³-hybridized carbons (Fsp3) is 0.286. The highest BCUT2D eigenvalue weighted by molar-refractivity contribution is 5.90. The summed E-state index contributed by atoms with van der Waals surface area (Å²) in [7, 11) is 0. The second-order valence-electron chi connectivity index (χ2n) is 6.19. The highest BCUT2D eigenvalue weighted by Crippen LogP contribution is 2.16. The summed E-state index contributed by atoms with van der Waals surface area (Å²) in [5.41, 5.74) is 2.52. The normalized spacial score (nSPS) is 10.2. The van der Waals surface area contributed by atoms with Crippen molar-refractivity contribution in [3.8, 4) is 5.75 Å². The Labute approximate surface area is 163 Å². The van der Waals surface area contributed by atoms with E-state index in [0.717, 1.165) is 19.3 Å². The quantitative estimate of drug-likeness (QED) is 0.496. The van der Waals surface area contributed by atoms with Crippen molar-refractivity contribution in [3.63, 3.8) is 0 Å². The third-order valence-corrected chi connectivity index (χ3v) is 3.85. The standard InChI is InChI=1S/C21H23NO6/c1-2-3-4-15-5-9-17(10-6-15)22-21(26)28-18-11-7-16(8-12-18)14-27-20(25)13-19(23)24/h5-12H,2-4,13-14H2,1H3,(H,22,26)(H,23,24). The van der Waals surface area contributed by atoms with Crippen LogP contribution in [0.4, 0.5) is 10.5 Å². The van der Waals surface area contributed by atoms with Gasteiger partial charge in [0.05, 0.1) is 0 Å². The van der Waals surface area contributed by atoms with Gasteiger partial charge < -0.3 is 14.6 Å². The summed E-state index contributed by atoms with van der Waals surface area (Å²) in [5, 5.41) is 11.2. The molecule has 28 heavy (non-hydrogen) atoms. The van der Waals surface area contributed by atoms with Gasteiger partial charge in [-0.2, -0.15) is 0 Å². The number of unbranched alkanes of at least 4 members (excludes halogenated alkanes) is 1. The Balaban J connectivity index is 1.80. The molecule has 0 aliphatic rings. The number of aliphatic carboxylic acids is 1. The number of carbonyl (C=O) groups excluding carboxylic acids is 2. The number of carboxylic acids is 1. The molecule has 1 amide bonds. The predicted molar refractivity (Wildman–Crippen MR) is 103 cm³/mol. The number of ether oxygens (including phenoxy) is 2. The first-order valence-corrected chi connectivity index (χ1v) is 9.00. The molecule has 0 saturated carbocycles. The fourth-order valence-corrected chi connectivity index (χ4v) is 2.38. The van der Waals surface area contributed by atoms with Crippen LogP contribution in [-0.2, 0) is 27.4 Å². The molecule has 2 N–H and O–H groups in total. The molecular weight excluding hydrogens is 362 g/mol. The first-order valence-electron chi connectivity index (χ1n) is 9.00. The predicted octanol–water partition coefficient (Wildman–Crippen LogP) is 4.16. The van der Waals surface area contributed by atoms with Crippen LogP contribution in [0, 0.1) is 0 Å². The van der Waals surface area contributed by atoms with E-state index < -0.39 is 24.5 Å². The number of anilines is 1. The van der Waals surface area contributed by atoms with Gasteiger partial charge in [-0.1, -0.05) is 37.6 Å². The number of carboxylic acid groups (broad SMARTS) is 1. The van der Waals surface area contributed by atoms with Gasteiger partial charge in [0.25, 0.3) is 0 Å². The SMILES string of the molecule is CCCCc1ccc(NC(=O)Oc2ccc(COC(=O)CC(=O)O)cc2)cc1. The minimum atomic E-state index is -1.24. The van der Waals surface area contributed by atoms with Crippen LogP contribution in [0.1, 0.15) is 37.3 Å². The number of benzene rings is 2. The van der Waals surface area contributed by atoms with Crippen LogP contribution in [0.2, 0.25) is 0 Å². The van der Waals surface area contributed by atoms with E-state index >= 15 is 0 Å². The molecule has 0 unspecified atom stereocenters. The molecule has 0 bridgehead atoms. The molecule has 0 aliphatic heterocycles. The third-order valence-electron chi connectivity index (χ3n) is 3.85. The van der Waals surface area contributed by atoms with Crippen LogP contribution in [0.25, 0.3) is 0 Å². The number of rotatable bonds is 9. The van der Waals surface area contributed by atoms with Gasteiger partial charge in [-0.05, 0) is 48.2 Å². The fourth-order valence-electron chi connectivity index (χ4n) is 2.38. The molecule has 0 aliphatic carbocycles. The van der Waals surface area contributed by atoms with E-state index in [1.165, 1.54) is 5.56 Å². The molecule has 7 nitrogen and oxygen atoms in total. The van der Waals surface area contributed by atoms with Gasteiger partial charge in [0.2, 0.25) is 0 Å². The largest absolute Gasteiger partial charge is 0.481 e. The Morgan fingerprint density at radius 1 is 0.964 bits per heavy atom. The molecule has 0 spiro atoms. The first-order chi connectivity index (χ1) is 13.5. The lowest BCUT2D eigenvalue weighted by Gasteiger charge is -2.08. The summed E-state index contributed by atoms with van der Waals surface area (Å²) in [6.45, 7) is 2.09. The molecule has 2 rings (SSSR count). The summed E-state index contributed by atoms with van der Waals surface area (Å²) < 4.78 is 10.0. The lowest BCUT2D eigenvalue weighted by Crippen LogP contribution is -2.16. The van der Waals surface area contributed by atoms with E-state index in [4.69, 9.17) is 14.6 Å². The summed E-state index contributed by atoms with van der Waals surface area (Å²) in [6, 6.07) is 14.0. The summed E-state index contributed by atoms with van der Waals surface area (Å²) in [4.78, 5) is 33.6. The number of carbonyl (C=O) groups is 3. The van der Waals surface area contributed by atoms with Crippen molar-refractivity contribution in [1.29, 1.82) is 0 Å². The van der Waals surface area contributed by atoms with E-state index in [1.54, 1.807) is 24.3 Å². The maximum absolute atomic E-state index is 12.0. The van der Waals surface area contributed by atoms with Crippen LogP contribution in [-0.4, -0.2) is 23.1 Å². The third kappa shape index (κ3) is 7.49. The smallest absolute Gasteiger partial charge is 0.417 e. The van der Waals surface area contributed by atoms with E-state index in [-0.39, 0.29) is 6.61 Å². The average Bonchev–Trinajstić information content (AvgIpc) is 2.66. The maximum atomic E-state index is 12.0. The van der Waals surface area contributed by atoms with Crippen molar-refractivity contribution < 1.29 is 29.0 Å². The van der Waals surface area contributed by atoms with Crippen LogP contribution in [0.15, 0.2) is 48.5 Å². The highest BCUT2D eigenvalue weighted by atomic mass is 16.6. The molecule has 148 valence electrons. The van der Waals surface area contributed by atoms with Crippen LogP contribution in [0.3, 0.4) is 0 Å². The van der Waals surface area contributed by atoms with Crippen LogP contribution in [0.5, 0.6) is 5.75 Å². The van der Waals surface area contributed by atoms with Gasteiger partial charge >= 0.3 is 18.0 Å². The first kappa shape index (κ1) is 21.0. The van der Waals surface area contributed by atoms with Gasteiger partial charge in [0.15, 0.2) is 0 Å². The molecule has 2 aromatic carbocycles. The van der Waals surface area contributed by atoms with Crippen molar-refractivity contribution in [2.24, 2.45) is 0 Å². The zero-order chi connectivity index (χ0) is 20.4. The molecule has 0 fully saturated rings. The van der Waals surface area contributed by atoms with Gasteiger partial charge in [0, 0.05) is 5.69 Å². The molecular formula is C21H23NO6. The Morgan fingerprint density at radius 3 is 2.21 bits per heavy atom. The van der Waals surface area contributed by atoms with Crippen LogP contribution < -0.4 is 10.1 Å². The zero-order valence-electron chi connectivity index (χ0n) is 15.6. The number of nitrogens with one attached hydrogen (secondary N) is 1. The number of hydrogen-bond acceptors (Lipinski definition) is 5. The Hall–Kier alpha value is -3.35. The Morgan fingerprint density at radius 2 is 1.61 bits per heavy atom. The highest BCUT2D eigenvalue weighted by Gasteiger charge is 2.09. The van der Waals surface area contributed by atoms with Crippen molar-refractivity contribution in [2.75, 3.05) is 5.32 Å². The average molecular weight is 385 g/mol. The zero-order valence-corrected chi connectivity index (χ0v) is 15.6. The number of hydrogen-bond donors (Lipinski definition) is 2. The van der Waals surface area contributed by atoms with E-state index in [1.807, 2.05) is 24.3 Å². The van der Waals surface area contributed by atoms with Gasteiger partial charge in [-0.25, -0.2) is 4.79 Å². The second-order valence-corrected chi connectivity index (χ2v) is 6.19. The van der Waals surface area contributed by atoms with Crippen molar-refractivity contribution in [3.05, 3.63) is 59.7 Å². The molecule has 0 atom stereocenters. The van der Waals surface area contributed by atoms with Crippen LogP contribution >= 0.6 is 0 Å². The molecule has 0 aromatic heterocycles. The molecule has 0 radical (unpaired) electrons. The van der Waals surface area contributed by atoms with Crippen molar-refractivity contribution in [2.45, 2.75) is 39.2 Å². The maximum Gasteiger partial charge on any atom is 0.417 e. The van der Waals surface area contributed by atoms with E-state index in [9.17, 15) is 14.4 Å². The summed E-state index contributed by atoms with van der Waals surface area (Å²) in [6.07, 6.45) is 1.99. The molecule has 2 aromatic rings. The summed E-state index contributed by atoms with van der Waals surface area (Å²) in [5.74, 6) is -1.72. The topological polar surface area (TPSA) is 102 Å². The second kappa shape index (κ2) is 10.7. The van der Waals surface area contributed by atoms with Gasteiger partial charge in [0.1, 0.15) is 18.8 Å². The van der Waals surface area contributed by atoms with Crippen molar-refractivity contribution in [1.82, 2.24) is 0 Å². The van der Waals surface area contributed by atoms with E-state index in [0.29, 0.717) is 17.0 Å². The minimum Gasteiger partial charge on any atom is -0.481 e. The summed E-state index contributed by atoms with van der Waals surface area (Å²) >= 11 is 0. The molecule has 7 heteroatoms. The lowest BCUT2D eigenvalue weighted by atomic mass is 10.1. The lowest BCUT2D eigenvalue weighted by molar-refractivity contribution is -0.152. The molecule has 0 heterocycles.